The van der Waals surface area contributed by atoms with E-state index in [9.17, 15) is 18.3 Å². The van der Waals surface area contributed by atoms with Crippen LogP contribution in [0.2, 0.25) is 0 Å². The summed E-state index contributed by atoms with van der Waals surface area (Å²) in [6, 6.07) is 14.0. The Labute approximate surface area is 197 Å². The van der Waals surface area contributed by atoms with Crippen LogP contribution in [-0.4, -0.2) is 73.9 Å². The maximum atomic E-state index is 13.0. The molecule has 1 fully saturated rings. The fourth-order valence-corrected chi connectivity index (χ4v) is 5.26. The molecule has 0 unspecified atom stereocenters. The van der Waals surface area contributed by atoms with Gasteiger partial charge in [0.1, 0.15) is 18.5 Å². The second kappa shape index (κ2) is 11.2. The molecule has 2 atom stereocenters. The quantitative estimate of drug-likeness (QED) is 0.533. The maximum absolute atomic E-state index is 13.0. The number of hydrogen-bond acceptors (Lipinski definition) is 6. The van der Waals surface area contributed by atoms with Crippen LogP contribution in [-0.2, 0) is 10.0 Å². The van der Waals surface area contributed by atoms with E-state index in [1.165, 1.54) is 11.2 Å². The highest BCUT2D eigenvalue weighted by atomic mass is 32.2. The molecular weight excluding hydrogens is 440 g/mol. The van der Waals surface area contributed by atoms with Gasteiger partial charge in [-0.05, 0) is 61.2 Å². The summed E-state index contributed by atoms with van der Waals surface area (Å²) in [5.74, 6) is 0.987. The number of hydrogen-bond donors (Lipinski definition) is 1. The monoisotopic (exact) mass is 474 g/mol. The predicted molar refractivity (Wildman–Crippen MR) is 128 cm³/mol. The van der Waals surface area contributed by atoms with Gasteiger partial charge in [0.05, 0.1) is 4.90 Å². The van der Waals surface area contributed by atoms with Crippen LogP contribution in [0, 0.1) is 0 Å². The molecule has 8 heteroatoms. The van der Waals surface area contributed by atoms with Gasteiger partial charge in [0, 0.05) is 38.3 Å². The largest absolute Gasteiger partial charge is 0.491 e. The minimum atomic E-state index is -3.52. The Morgan fingerprint density at radius 1 is 1.03 bits per heavy atom. The van der Waals surface area contributed by atoms with Crippen molar-refractivity contribution in [3.05, 3.63) is 59.7 Å². The lowest BCUT2D eigenvalue weighted by atomic mass is 9.99. The molecule has 0 spiro atoms. The minimum Gasteiger partial charge on any atom is -0.491 e. The first-order chi connectivity index (χ1) is 15.7. The van der Waals surface area contributed by atoms with E-state index in [1.54, 1.807) is 36.4 Å². The van der Waals surface area contributed by atoms with Crippen molar-refractivity contribution < 1.29 is 23.1 Å². The summed E-state index contributed by atoms with van der Waals surface area (Å²) < 4.78 is 33.2. The average molecular weight is 475 g/mol. The van der Waals surface area contributed by atoms with Gasteiger partial charge >= 0.3 is 0 Å². The Bertz CT molecular complexity index is 1010. The van der Waals surface area contributed by atoms with E-state index in [4.69, 9.17) is 4.74 Å². The summed E-state index contributed by atoms with van der Waals surface area (Å²) in [6.45, 7) is 8.16. The summed E-state index contributed by atoms with van der Waals surface area (Å²) in [5, 5.41) is 10.3. The van der Waals surface area contributed by atoms with E-state index in [0.29, 0.717) is 54.9 Å². The van der Waals surface area contributed by atoms with Gasteiger partial charge in [-0.15, -0.1) is 0 Å². The summed E-state index contributed by atoms with van der Waals surface area (Å²) in [6.07, 6.45) is 0.311. The molecule has 0 aliphatic carbocycles. The number of carbonyl (C=O) groups is 1. The van der Waals surface area contributed by atoms with Gasteiger partial charge in [-0.2, -0.15) is 4.31 Å². The van der Waals surface area contributed by atoms with Crippen molar-refractivity contribution in [3.63, 3.8) is 0 Å². The second-order valence-electron chi connectivity index (χ2n) is 8.63. The Hall–Kier alpha value is -2.26. The number of benzene rings is 2. The molecule has 0 aromatic heterocycles. The van der Waals surface area contributed by atoms with E-state index in [0.717, 1.165) is 12.0 Å². The van der Waals surface area contributed by atoms with Crippen molar-refractivity contribution in [2.75, 3.05) is 39.3 Å². The van der Waals surface area contributed by atoms with E-state index < -0.39 is 16.1 Å². The topological polar surface area (TPSA) is 87.2 Å². The van der Waals surface area contributed by atoms with E-state index >= 15 is 0 Å². The third-order valence-electron chi connectivity index (χ3n) is 6.20. The lowest BCUT2D eigenvalue weighted by Gasteiger charge is -2.34. The molecule has 2 aromatic carbocycles. The molecular formula is C25H34N2O5S. The molecule has 0 bridgehead atoms. The Kier molecular flexibility index (Phi) is 8.64. The zero-order valence-electron chi connectivity index (χ0n) is 19.6. The van der Waals surface area contributed by atoms with Gasteiger partial charge in [-0.25, -0.2) is 8.42 Å². The standard InChI is InChI=1S/C25H34N2O5S/c1-4-19(2)21-7-11-25(12-8-21)33(30,31)27-15-13-26(14-16-27)17-23(29)18-32-24-9-5-22(6-10-24)20(3)28/h5-12,19,23,29H,4,13-18H2,1-3H3/t19-,23-/m1/s1. The highest BCUT2D eigenvalue weighted by Gasteiger charge is 2.29. The van der Waals surface area contributed by atoms with Gasteiger partial charge in [0.25, 0.3) is 0 Å². The van der Waals surface area contributed by atoms with Crippen LogP contribution in [0.25, 0.3) is 0 Å². The first kappa shape index (κ1) is 25.4. The summed E-state index contributed by atoms with van der Waals surface area (Å²) in [4.78, 5) is 13.7. The molecule has 0 saturated carbocycles. The molecule has 0 amide bonds. The van der Waals surface area contributed by atoms with E-state index in [2.05, 4.69) is 13.8 Å². The Morgan fingerprint density at radius 3 is 2.18 bits per heavy atom. The first-order valence-electron chi connectivity index (χ1n) is 11.4. The molecule has 1 aliphatic rings. The van der Waals surface area contributed by atoms with Crippen LogP contribution in [0.5, 0.6) is 5.75 Å². The molecule has 1 aliphatic heterocycles. The molecule has 1 N–H and O–H groups in total. The highest BCUT2D eigenvalue weighted by Crippen LogP contribution is 2.23. The molecule has 1 saturated heterocycles. The fraction of sp³-hybridized carbons (Fsp3) is 0.480. The van der Waals surface area contributed by atoms with E-state index in [-0.39, 0.29) is 12.4 Å². The number of ketones is 1. The molecule has 2 aromatic rings. The van der Waals surface area contributed by atoms with Crippen LogP contribution in [0.15, 0.2) is 53.4 Å². The maximum Gasteiger partial charge on any atom is 0.243 e. The number of sulfonamides is 1. The number of carbonyl (C=O) groups excluding carboxylic acids is 1. The summed E-state index contributed by atoms with van der Waals surface area (Å²) in [7, 11) is -3.52. The number of ether oxygens (including phenoxy) is 1. The van der Waals surface area contributed by atoms with Crippen LogP contribution in [0.4, 0.5) is 0 Å². The SMILES string of the molecule is CC[C@@H](C)c1ccc(S(=O)(=O)N2CCN(C[C@@H](O)COc3ccc(C(C)=O)cc3)CC2)cc1. The lowest BCUT2D eigenvalue weighted by Crippen LogP contribution is -2.50. The zero-order valence-corrected chi connectivity index (χ0v) is 20.4. The van der Waals surface area contributed by atoms with Gasteiger partial charge < -0.3 is 9.84 Å². The van der Waals surface area contributed by atoms with Crippen molar-refractivity contribution in [2.24, 2.45) is 0 Å². The van der Waals surface area contributed by atoms with Gasteiger partial charge in [0.15, 0.2) is 5.78 Å². The second-order valence-corrected chi connectivity index (χ2v) is 10.6. The smallest absolute Gasteiger partial charge is 0.243 e. The number of piperazine rings is 1. The lowest BCUT2D eigenvalue weighted by molar-refractivity contribution is 0.0569. The third-order valence-corrected chi connectivity index (χ3v) is 8.12. The molecule has 1 heterocycles. The molecule has 180 valence electrons. The number of aliphatic hydroxyl groups is 1. The fourth-order valence-electron chi connectivity index (χ4n) is 3.83. The van der Waals surface area contributed by atoms with Crippen LogP contribution >= 0.6 is 0 Å². The molecule has 7 nitrogen and oxygen atoms in total. The van der Waals surface area contributed by atoms with Gasteiger partial charge in [-0.3, -0.25) is 9.69 Å². The molecule has 33 heavy (non-hydrogen) atoms. The van der Waals surface area contributed by atoms with Crippen LogP contribution in [0.3, 0.4) is 0 Å². The normalized spacial score (nSPS) is 17.5. The number of rotatable bonds is 10. The Morgan fingerprint density at radius 2 is 1.64 bits per heavy atom. The summed E-state index contributed by atoms with van der Waals surface area (Å²) >= 11 is 0. The van der Waals surface area contributed by atoms with Crippen LogP contribution in [0.1, 0.15) is 49.0 Å². The van der Waals surface area contributed by atoms with Gasteiger partial charge in [0.2, 0.25) is 10.0 Å². The first-order valence-corrected chi connectivity index (χ1v) is 12.9. The summed E-state index contributed by atoms with van der Waals surface area (Å²) in [5.41, 5.74) is 1.76. The predicted octanol–water partition coefficient (Wildman–Crippen LogP) is 3.15. The number of nitrogens with zero attached hydrogens (tertiary/aromatic N) is 2. The van der Waals surface area contributed by atoms with E-state index in [1.807, 2.05) is 17.0 Å². The minimum absolute atomic E-state index is 0.00847. The average Bonchev–Trinajstić information content (AvgIpc) is 2.83. The molecule has 3 rings (SSSR count). The number of aliphatic hydroxyl groups excluding tert-OH is 1. The van der Waals surface area contributed by atoms with Gasteiger partial charge in [-0.1, -0.05) is 26.0 Å². The highest BCUT2D eigenvalue weighted by molar-refractivity contribution is 7.89. The number of β-amino-alcohol motifs (C(OH)–C–C–N with tert-alkyl or cyclic N) is 1. The third kappa shape index (κ3) is 6.63. The van der Waals surface area contributed by atoms with Crippen molar-refractivity contribution in [2.45, 2.75) is 44.1 Å². The van der Waals surface area contributed by atoms with Crippen molar-refractivity contribution >= 4 is 15.8 Å². The Balaban J connectivity index is 1.47. The van der Waals surface area contributed by atoms with Crippen molar-refractivity contribution in [1.29, 1.82) is 0 Å². The van der Waals surface area contributed by atoms with Crippen LogP contribution < -0.4 is 4.74 Å². The van der Waals surface area contributed by atoms with Crippen molar-refractivity contribution in [3.8, 4) is 5.75 Å². The number of Topliss-reactive ketones (excluding diaryl/α,β-unsaturated/α-hetero) is 1. The zero-order chi connectivity index (χ0) is 24.0. The van der Waals surface area contributed by atoms with Crippen molar-refractivity contribution in [1.82, 2.24) is 9.21 Å². The molecule has 0 radical (unpaired) electrons.